The van der Waals surface area contributed by atoms with Gasteiger partial charge in [-0.05, 0) is 19.8 Å². The molecule has 2 rings (SSSR count). The van der Waals surface area contributed by atoms with Gasteiger partial charge in [0.25, 0.3) is 0 Å². The molecule has 0 unspecified atom stereocenters. The van der Waals surface area contributed by atoms with Crippen LogP contribution in [0.5, 0.6) is 0 Å². The molecule has 2 saturated heterocycles. The molecule has 0 saturated carbocycles. The first-order chi connectivity index (χ1) is 8.18. The van der Waals surface area contributed by atoms with Gasteiger partial charge in [-0.2, -0.15) is 0 Å². The lowest BCUT2D eigenvalue weighted by Gasteiger charge is -2.41. The number of piperidine rings is 1. The smallest absolute Gasteiger partial charge is 0.320 e. The SMILES string of the molecule is C[C@@H](C(=O)O)N1CCC(N2CCOCC2)CC1. The van der Waals surface area contributed by atoms with Crippen LogP contribution < -0.4 is 0 Å². The first kappa shape index (κ1) is 12.8. The minimum Gasteiger partial charge on any atom is -0.480 e. The van der Waals surface area contributed by atoms with Gasteiger partial charge in [-0.15, -0.1) is 0 Å². The van der Waals surface area contributed by atoms with Crippen molar-refractivity contribution in [2.24, 2.45) is 0 Å². The van der Waals surface area contributed by atoms with Crippen molar-refractivity contribution in [2.45, 2.75) is 31.8 Å². The Hall–Kier alpha value is -0.650. The van der Waals surface area contributed by atoms with E-state index in [2.05, 4.69) is 9.80 Å². The first-order valence-electron chi connectivity index (χ1n) is 6.47. The second kappa shape index (κ2) is 5.80. The molecule has 98 valence electrons. The normalized spacial score (nSPS) is 26.9. The molecule has 5 heteroatoms. The molecule has 2 aliphatic rings. The van der Waals surface area contributed by atoms with Crippen LogP contribution in [0.2, 0.25) is 0 Å². The predicted octanol–water partition coefficient (Wildman–Crippen LogP) is 0.256. The average molecular weight is 242 g/mol. The second-order valence-electron chi connectivity index (χ2n) is 4.93. The minimum atomic E-state index is -0.713. The quantitative estimate of drug-likeness (QED) is 0.769. The van der Waals surface area contributed by atoms with Crippen LogP contribution in [-0.4, -0.2) is 72.4 Å². The Morgan fingerprint density at radius 1 is 1.24 bits per heavy atom. The van der Waals surface area contributed by atoms with Crippen molar-refractivity contribution in [1.29, 1.82) is 0 Å². The van der Waals surface area contributed by atoms with Crippen molar-refractivity contribution in [1.82, 2.24) is 9.80 Å². The van der Waals surface area contributed by atoms with E-state index in [1.807, 2.05) is 0 Å². The fraction of sp³-hybridized carbons (Fsp3) is 0.917. The molecule has 5 nitrogen and oxygen atoms in total. The van der Waals surface area contributed by atoms with Gasteiger partial charge in [-0.25, -0.2) is 0 Å². The number of carbonyl (C=O) groups is 1. The number of carboxylic acids is 1. The van der Waals surface area contributed by atoms with Gasteiger partial charge in [0.05, 0.1) is 13.2 Å². The van der Waals surface area contributed by atoms with E-state index >= 15 is 0 Å². The Balaban J connectivity index is 1.79. The van der Waals surface area contributed by atoms with Gasteiger partial charge in [0.2, 0.25) is 0 Å². The third-order valence-electron chi connectivity index (χ3n) is 3.97. The molecule has 0 amide bonds. The van der Waals surface area contributed by atoms with E-state index < -0.39 is 5.97 Å². The summed E-state index contributed by atoms with van der Waals surface area (Å²) in [6, 6.07) is 0.275. The number of hydrogen-bond donors (Lipinski definition) is 1. The van der Waals surface area contributed by atoms with E-state index in [1.54, 1.807) is 6.92 Å². The molecule has 0 radical (unpaired) electrons. The summed E-state index contributed by atoms with van der Waals surface area (Å²) in [5, 5.41) is 8.98. The van der Waals surface area contributed by atoms with E-state index in [4.69, 9.17) is 9.84 Å². The molecule has 1 atom stereocenters. The average Bonchev–Trinajstić information content (AvgIpc) is 2.39. The number of likely N-dealkylation sites (tertiary alicyclic amines) is 1. The van der Waals surface area contributed by atoms with Gasteiger partial charge < -0.3 is 9.84 Å². The monoisotopic (exact) mass is 242 g/mol. The summed E-state index contributed by atoms with van der Waals surface area (Å²) in [5.74, 6) is -0.713. The zero-order chi connectivity index (χ0) is 12.3. The molecule has 0 aromatic carbocycles. The number of hydrogen-bond acceptors (Lipinski definition) is 4. The number of morpholine rings is 1. The summed E-state index contributed by atoms with van der Waals surface area (Å²) in [6.45, 7) is 7.30. The van der Waals surface area contributed by atoms with E-state index in [0.29, 0.717) is 6.04 Å². The molecule has 0 bridgehead atoms. The Labute approximate surface area is 102 Å². The Kier molecular flexibility index (Phi) is 4.36. The molecule has 0 spiro atoms. The van der Waals surface area contributed by atoms with Crippen LogP contribution in [0.4, 0.5) is 0 Å². The van der Waals surface area contributed by atoms with Crippen molar-refractivity contribution in [2.75, 3.05) is 39.4 Å². The number of ether oxygens (including phenoxy) is 1. The summed E-state index contributed by atoms with van der Waals surface area (Å²) in [7, 11) is 0. The maximum absolute atomic E-state index is 10.9. The van der Waals surface area contributed by atoms with Crippen LogP contribution in [0.15, 0.2) is 0 Å². The fourth-order valence-corrected chi connectivity index (χ4v) is 2.74. The summed E-state index contributed by atoms with van der Waals surface area (Å²) < 4.78 is 5.35. The zero-order valence-corrected chi connectivity index (χ0v) is 10.5. The number of carboxylic acid groups (broad SMARTS) is 1. The zero-order valence-electron chi connectivity index (χ0n) is 10.5. The highest BCUT2D eigenvalue weighted by molar-refractivity contribution is 5.72. The molecule has 0 aromatic rings. The summed E-state index contributed by atoms with van der Waals surface area (Å²) in [6.07, 6.45) is 2.16. The Morgan fingerprint density at radius 3 is 2.35 bits per heavy atom. The molecular weight excluding hydrogens is 220 g/mol. The third-order valence-corrected chi connectivity index (χ3v) is 3.97. The number of rotatable bonds is 3. The highest BCUT2D eigenvalue weighted by Gasteiger charge is 2.29. The van der Waals surface area contributed by atoms with Crippen molar-refractivity contribution in [3.8, 4) is 0 Å². The largest absolute Gasteiger partial charge is 0.480 e. The van der Waals surface area contributed by atoms with Crippen LogP contribution in [0.1, 0.15) is 19.8 Å². The molecule has 2 heterocycles. The Bertz CT molecular complexity index is 258. The van der Waals surface area contributed by atoms with E-state index in [1.165, 1.54) is 0 Å². The van der Waals surface area contributed by atoms with Crippen molar-refractivity contribution < 1.29 is 14.6 Å². The Morgan fingerprint density at radius 2 is 1.82 bits per heavy atom. The van der Waals surface area contributed by atoms with Gasteiger partial charge >= 0.3 is 5.97 Å². The molecule has 1 N–H and O–H groups in total. The fourth-order valence-electron chi connectivity index (χ4n) is 2.74. The molecular formula is C12H22N2O3. The highest BCUT2D eigenvalue weighted by Crippen LogP contribution is 2.19. The highest BCUT2D eigenvalue weighted by atomic mass is 16.5. The number of aliphatic carboxylic acids is 1. The molecule has 2 aliphatic heterocycles. The van der Waals surface area contributed by atoms with Crippen LogP contribution in [0.25, 0.3) is 0 Å². The van der Waals surface area contributed by atoms with Gasteiger partial charge in [0.15, 0.2) is 0 Å². The van der Waals surface area contributed by atoms with Gasteiger partial charge in [0.1, 0.15) is 6.04 Å². The molecule has 0 aromatic heterocycles. The van der Waals surface area contributed by atoms with Gasteiger partial charge in [-0.1, -0.05) is 0 Å². The standard InChI is InChI=1S/C12H22N2O3/c1-10(12(15)16)13-4-2-11(3-5-13)14-6-8-17-9-7-14/h10-11H,2-9H2,1H3,(H,15,16)/t10-/m0/s1. The van der Waals surface area contributed by atoms with E-state index in [-0.39, 0.29) is 6.04 Å². The maximum Gasteiger partial charge on any atom is 0.320 e. The summed E-state index contributed by atoms with van der Waals surface area (Å²) >= 11 is 0. The van der Waals surface area contributed by atoms with Crippen LogP contribution in [0, 0.1) is 0 Å². The lowest BCUT2D eigenvalue weighted by atomic mass is 10.0. The number of nitrogens with zero attached hydrogens (tertiary/aromatic N) is 2. The van der Waals surface area contributed by atoms with Crippen molar-refractivity contribution in [3.63, 3.8) is 0 Å². The summed E-state index contributed by atoms with van der Waals surface area (Å²) in [4.78, 5) is 15.5. The first-order valence-corrected chi connectivity index (χ1v) is 6.47. The minimum absolute atomic E-state index is 0.347. The third kappa shape index (κ3) is 3.18. The second-order valence-corrected chi connectivity index (χ2v) is 4.93. The van der Waals surface area contributed by atoms with Crippen LogP contribution in [-0.2, 0) is 9.53 Å². The lowest BCUT2D eigenvalue weighted by molar-refractivity contribution is -0.143. The van der Waals surface area contributed by atoms with Crippen molar-refractivity contribution in [3.05, 3.63) is 0 Å². The van der Waals surface area contributed by atoms with Crippen molar-refractivity contribution >= 4 is 5.97 Å². The maximum atomic E-state index is 10.9. The van der Waals surface area contributed by atoms with E-state index in [9.17, 15) is 4.79 Å². The predicted molar refractivity (Wildman–Crippen MR) is 64.1 cm³/mol. The van der Waals surface area contributed by atoms with Gasteiger partial charge in [-0.3, -0.25) is 14.6 Å². The van der Waals surface area contributed by atoms with Gasteiger partial charge in [0, 0.05) is 32.2 Å². The van der Waals surface area contributed by atoms with Crippen LogP contribution >= 0.6 is 0 Å². The molecule has 17 heavy (non-hydrogen) atoms. The molecule has 0 aliphatic carbocycles. The van der Waals surface area contributed by atoms with E-state index in [0.717, 1.165) is 52.2 Å². The summed E-state index contributed by atoms with van der Waals surface area (Å²) in [5.41, 5.74) is 0. The lowest BCUT2D eigenvalue weighted by Crippen LogP contribution is -2.51. The topological polar surface area (TPSA) is 53.0 Å². The van der Waals surface area contributed by atoms with Crippen LogP contribution in [0.3, 0.4) is 0 Å². The molecule has 2 fully saturated rings.